The van der Waals surface area contributed by atoms with Gasteiger partial charge in [-0.25, -0.2) is 9.67 Å². The van der Waals surface area contributed by atoms with Crippen LogP contribution in [0.2, 0.25) is 0 Å². The first-order valence-electron chi connectivity index (χ1n) is 5.68. The van der Waals surface area contributed by atoms with E-state index in [0.717, 1.165) is 11.6 Å². The largest absolute Gasteiger partial charge is 0.307 e. The molecule has 7 nitrogen and oxygen atoms in total. The third-order valence-corrected chi connectivity index (χ3v) is 2.84. The molecule has 0 N–H and O–H groups in total. The molecule has 0 aliphatic rings. The summed E-state index contributed by atoms with van der Waals surface area (Å²) in [6.07, 6.45) is 2.40. The molecule has 0 saturated heterocycles. The molecule has 7 heteroatoms. The maximum atomic E-state index is 10.7. The fourth-order valence-electron chi connectivity index (χ4n) is 1.90. The summed E-state index contributed by atoms with van der Waals surface area (Å²) >= 11 is 0. The Hall–Kier alpha value is -3.27. The highest BCUT2D eigenvalue weighted by Crippen LogP contribution is 2.20. The maximum absolute atomic E-state index is 10.7. The molecule has 2 heterocycles. The molecule has 3 rings (SSSR count). The molecule has 0 amide bonds. The fourth-order valence-corrected chi connectivity index (χ4v) is 1.90. The van der Waals surface area contributed by atoms with E-state index >= 15 is 0 Å². The average molecular weight is 265 g/mol. The Morgan fingerprint density at radius 3 is 2.85 bits per heavy atom. The van der Waals surface area contributed by atoms with Crippen LogP contribution in [0.4, 0.5) is 5.69 Å². The minimum absolute atomic E-state index is 0.126. The van der Waals surface area contributed by atoms with E-state index in [-0.39, 0.29) is 5.69 Å². The highest BCUT2D eigenvalue weighted by Gasteiger charge is 2.12. The number of hydrogen-bond acceptors (Lipinski definition) is 5. The van der Waals surface area contributed by atoms with Crippen molar-refractivity contribution in [3.8, 4) is 11.9 Å². The van der Waals surface area contributed by atoms with Gasteiger partial charge < -0.3 is 0 Å². The lowest BCUT2D eigenvalue weighted by Crippen LogP contribution is -1.99. The molecule has 96 valence electrons. The van der Waals surface area contributed by atoms with Crippen LogP contribution in [-0.2, 0) is 0 Å². The van der Waals surface area contributed by atoms with Gasteiger partial charge in [-0.15, -0.1) is 0 Å². The first-order chi connectivity index (χ1) is 9.69. The third kappa shape index (κ3) is 1.85. The number of nitro groups is 1. The number of nitrogens with zero attached hydrogens (tertiary/aromatic N) is 5. The van der Waals surface area contributed by atoms with Gasteiger partial charge in [-0.05, 0) is 6.07 Å². The third-order valence-electron chi connectivity index (χ3n) is 2.84. The predicted molar refractivity (Wildman–Crippen MR) is 70.2 cm³/mol. The van der Waals surface area contributed by atoms with Crippen molar-refractivity contribution in [1.29, 1.82) is 5.26 Å². The van der Waals surface area contributed by atoms with Gasteiger partial charge in [0, 0.05) is 11.5 Å². The zero-order chi connectivity index (χ0) is 14.1. The van der Waals surface area contributed by atoms with Crippen molar-refractivity contribution in [2.45, 2.75) is 0 Å². The molecule has 1 aromatic carbocycles. The normalized spacial score (nSPS) is 10.3. The summed E-state index contributed by atoms with van der Waals surface area (Å²) in [5, 5.41) is 24.5. The molecule has 0 atom stereocenters. The van der Waals surface area contributed by atoms with E-state index in [9.17, 15) is 15.4 Å². The number of rotatable bonds is 2. The minimum Gasteiger partial charge on any atom is -0.258 e. The second-order valence-corrected chi connectivity index (χ2v) is 4.06. The zero-order valence-electron chi connectivity index (χ0n) is 10.1. The van der Waals surface area contributed by atoms with Crippen molar-refractivity contribution < 1.29 is 4.92 Å². The summed E-state index contributed by atoms with van der Waals surface area (Å²) in [5.41, 5.74) is 0.960. The van der Waals surface area contributed by atoms with Crippen molar-refractivity contribution in [3.63, 3.8) is 0 Å². The van der Waals surface area contributed by atoms with Gasteiger partial charge in [0.1, 0.15) is 12.4 Å². The number of hydrogen-bond donors (Lipinski definition) is 0. The second kappa shape index (κ2) is 4.44. The number of nitriles is 1. The molecule has 3 aromatic rings. The lowest BCUT2D eigenvalue weighted by atomic mass is 10.1. The van der Waals surface area contributed by atoms with Gasteiger partial charge in [0.05, 0.1) is 22.1 Å². The van der Waals surface area contributed by atoms with Crippen molar-refractivity contribution in [3.05, 3.63) is 58.4 Å². The topological polar surface area (TPSA) is 97.6 Å². The summed E-state index contributed by atoms with van der Waals surface area (Å²) in [6, 6.07) is 10.9. The van der Waals surface area contributed by atoms with Crippen LogP contribution in [0.25, 0.3) is 16.7 Å². The SMILES string of the molecule is N#Cc1cc(-n2cc([N+](=O)[O-])cn2)nc2ccccc12. The lowest BCUT2D eigenvalue weighted by Gasteiger charge is -2.04. The molecular formula is C13H7N5O2. The molecule has 0 aliphatic carbocycles. The predicted octanol–water partition coefficient (Wildman–Crippen LogP) is 2.20. The van der Waals surface area contributed by atoms with Crippen LogP contribution in [-0.4, -0.2) is 19.7 Å². The quantitative estimate of drug-likeness (QED) is 0.522. The Balaban J connectivity index is 2.21. The number of benzene rings is 1. The number of aromatic nitrogens is 3. The zero-order valence-corrected chi connectivity index (χ0v) is 10.1. The molecule has 0 unspecified atom stereocenters. The first kappa shape index (κ1) is 11.8. The van der Waals surface area contributed by atoms with E-state index < -0.39 is 4.92 Å². The summed E-state index contributed by atoms with van der Waals surface area (Å²) in [7, 11) is 0. The molecular weight excluding hydrogens is 258 g/mol. The molecule has 0 saturated carbocycles. The average Bonchev–Trinajstić information content (AvgIpc) is 2.96. The fraction of sp³-hybridized carbons (Fsp3) is 0. The second-order valence-electron chi connectivity index (χ2n) is 4.06. The molecule has 0 radical (unpaired) electrons. The summed E-state index contributed by atoms with van der Waals surface area (Å²) in [5.74, 6) is 0.369. The highest BCUT2D eigenvalue weighted by atomic mass is 16.6. The van der Waals surface area contributed by atoms with Crippen LogP contribution in [0.5, 0.6) is 0 Å². The Labute approximate surface area is 112 Å². The van der Waals surface area contributed by atoms with E-state index in [1.807, 2.05) is 12.1 Å². The molecule has 0 bridgehead atoms. The molecule has 0 aliphatic heterocycles. The van der Waals surface area contributed by atoms with Crippen LogP contribution < -0.4 is 0 Å². The van der Waals surface area contributed by atoms with Crippen molar-refractivity contribution in [1.82, 2.24) is 14.8 Å². The first-order valence-corrected chi connectivity index (χ1v) is 5.68. The van der Waals surface area contributed by atoms with Gasteiger partial charge in [-0.3, -0.25) is 10.1 Å². The van der Waals surface area contributed by atoms with Crippen molar-refractivity contribution in [2.24, 2.45) is 0 Å². The van der Waals surface area contributed by atoms with E-state index in [2.05, 4.69) is 16.2 Å². The van der Waals surface area contributed by atoms with Gasteiger partial charge >= 0.3 is 5.69 Å². The van der Waals surface area contributed by atoms with Crippen molar-refractivity contribution in [2.75, 3.05) is 0 Å². The van der Waals surface area contributed by atoms with Crippen LogP contribution in [0.1, 0.15) is 5.56 Å². The van der Waals surface area contributed by atoms with Crippen LogP contribution in [0, 0.1) is 21.4 Å². The standard InChI is InChI=1S/C13H7N5O2/c14-6-9-5-13(16-12-4-2-1-3-11(9)12)17-8-10(7-15-17)18(19)20/h1-5,7-8H. The highest BCUT2D eigenvalue weighted by molar-refractivity contribution is 5.85. The maximum Gasteiger partial charge on any atom is 0.307 e. The van der Waals surface area contributed by atoms with Crippen molar-refractivity contribution >= 4 is 16.6 Å². The van der Waals surface area contributed by atoms with E-state index in [4.69, 9.17) is 0 Å². The summed E-state index contributed by atoms with van der Waals surface area (Å²) < 4.78 is 1.28. The molecule has 20 heavy (non-hydrogen) atoms. The molecule has 0 spiro atoms. The molecule has 2 aromatic heterocycles. The monoisotopic (exact) mass is 265 g/mol. The van der Waals surface area contributed by atoms with Crippen LogP contribution in [0.3, 0.4) is 0 Å². The summed E-state index contributed by atoms with van der Waals surface area (Å²) in [6.45, 7) is 0. The van der Waals surface area contributed by atoms with Gasteiger partial charge in [-0.1, -0.05) is 18.2 Å². The van der Waals surface area contributed by atoms with Gasteiger partial charge in [0.25, 0.3) is 0 Å². The molecule has 0 fully saturated rings. The van der Waals surface area contributed by atoms with E-state index in [1.54, 1.807) is 18.2 Å². The Morgan fingerprint density at radius 1 is 1.35 bits per heavy atom. The number of pyridine rings is 1. The Bertz CT molecular complexity index is 863. The van der Waals surface area contributed by atoms with E-state index in [0.29, 0.717) is 16.9 Å². The van der Waals surface area contributed by atoms with Gasteiger partial charge in [-0.2, -0.15) is 10.4 Å². The number of fused-ring (bicyclic) bond motifs is 1. The summed E-state index contributed by atoms with van der Waals surface area (Å²) in [4.78, 5) is 14.5. The van der Waals surface area contributed by atoms with Gasteiger partial charge in [0.2, 0.25) is 0 Å². The van der Waals surface area contributed by atoms with Crippen LogP contribution >= 0.6 is 0 Å². The minimum atomic E-state index is -0.532. The van der Waals surface area contributed by atoms with E-state index in [1.165, 1.54) is 10.9 Å². The lowest BCUT2D eigenvalue weighted by molar-refractivity contribution is -0.384. The Morgan fingerprint density at radius 2 is 2.15 bits per heavy atom. The smallest absolute Gasteiger partial charge is 0.258 e. The van der Waals surface area contributed by atoms with Crippen LogP contribution in [0.15, 0.2) is 42.7 Å². The number of para-hydroxylation sites is 1. The van der Waals surface area contributed by atoms with Gasteiger partial charge in [0.15, 0.2) is 5.82 Å². The Kier molecular flexibility index (Phi) is 2.62.